The fraction of sp³-hybridized carbons (Fsp3) is 0.600. The second-order valence-electron chi connectivity index (χ2n) is 3.80. The molecule has 0 radical (unpaired) electrons. The van der Waals surface area contributed by atoms with Gasteiger partial charge in [-0.2, -0.15) is 0 Å². The molecule has 0 saturated carbocycles. The van der Waals surface area contributed by atoms with Crippen molar-refractivity contribution >= 4 is 34.8 Å². The Kier molecular flexibility index (Phi) is 3.73. The highest BCUT2D eigenvalue weighted by atomic mass is 35.5. The molecule has 0 N–H and O–H groups in total. The SMILES string of the molecule is CC1(C)C(Cl)C=CC(=CCCl)C1Cl. The van der Waals surface area contributed by atoms with Crippen molar-refractivity contribution in [1.29, 1.82) is 0 Å². The molecule has 13 heavy (non-hydrogen) atoms. The Morgan fingerprint density at radius 1 is 1.46 bits per heavy atom. The number of rotatable bonds is 1. The summed E-state index contributed by atoms with van der Waals surface area (Å²) in [6.45, 7) is 4.13. The number of hydrogen-bond acceptors (Lipinski definition) is 0. The molecule has 0 saturated heterocycles. The van der Waals surface area contributed by atoms with Gasteiger partial charge >= 0.3 is 0 Å². The first-order valence-electron chi connectivity index (χ1n) is 4.22. The molecule has 0 aromatic heterocycles. The molecule has 0 spiro atoms. The summed E-state index contributed by atoms with van der Waals surface area (Å²) in [6.07, 6.45) is 5.86. The normalized spacial score (nSPS) is 35.3. The molecule has 0 heterocycles. The van der Waals surface area contributed by atoms with Crippen molar-refractivity contribution in [2.75, 3.05) is 5.88 Å². The van der Waals surface area contributed by atoms with E-state index in [-0.39, 0.29) is 16.2 Å². The average Bonchev–Trinajstić information content (AvgIpc) is 2.08. The van der Waals surface area contributed by atoms with Crippen LogP contribution in [0.1, 0.15) is 13.8 Å². The van der Waals surface area contributed by atoms with Gasteiger partial charge in [0, 0.05) is 11.3 Å². The van der Waals surface area contributed by atoms with Crippen molar-refractivity contribution in [2.45, 2.75) is 24.6 Å². The van der Waals surface area contributed by atoms with Gasteiger partial charge in [-0.05, 0) is 5.57 Å². The van der Waals surface area contributed by atoms with Crippen LogP contribution in [-0.4, -0.2) is 16.6 Å². The minimum absolute atomic E-state index is 0.0116. The lowest BCUT2D eigenvalue weighted by Gasteiger charge is -2.37. The standard InChI is InChI=1S/C10H13Cl3/c1-10(2)8(12)4-3-7(5-6-11)9(10)13/h3-5,8-9H,6H2,1-2H3. The molecule has 0 fully saturated rings. The Morgan fingerprint density at radius 2 is 2.08 bits per heavy atom. The van der Waals surface area contributed by atoms with E-state index in [1.807, 2.05) is 18.2 Å². The third-order valence-electron chi connectivity index (χ3n) is 2.43. The van der Waals surface area contributed by atoms with Crippen LogP contribution in [0.25, 0.3) is 0 Å². The van der Waals surface area contributed by atoms with E-state index in [2.05, 4.69) is 13.8 Å². The van der Waals surface area contributed by atoms with Crippen LogP contribution < -0.4 is 0 Å². The fourth-order valence-electron chi connectivity index (χ4n) is 1.36. The highest BCUT2D eigenvalue weighted by molar-refractivity contribution is 6.27. The van der Waals surface area contributed by atoms with Gasteiger partial charge in [-0.3, -0.25) is 0 Å². The molecule has 1 aliphatic carbocycles. The maximum atomic E-state index is 6.29. The first-order chi connectivity index (χ1) is 6.00. The first kappa shape index (κ1) is 11.4. The summed E-state index contributed by atoms with van der Waals surface area (Å²) in [5.41, 5.74) is 0.953. The van der Waals surface area contributed by atoms with Crippen molar-refractivity contribution in [3.05, 3.63) is 23.8 Å². The van der Waals surface area contributed by atoms with Gasteiger partial charge in [0.2, 0.25) is 0 Å². The van der Waals surface area contributed by atoms with Crippen molar-refractivity contribution < 1.29 is 0 Å². The summed E-state index contributed by atoms with van der Waals surface area (Å²) >= 11 is 18.1. The molecule has 0 aromatic rings. The largest absolute Gasteiger partial charge is 0.122 e. The zero-order chi connectivity index (χ0) is 10.1. The van der Waals surface area contributed by atoms with Crippen LogP contribution in [-0.2, 0) is 0 Å². The molecule has 0 aliphatic heterocycles. The summed E-state index contributed by atoms with van der Waals surface area (Å²) in [7, 11) is 0. The van der Waals surface area contributed by atoms with Gasteiger partial charge in [0.25, 0.3) is 0 Å². The van der Waals surface area contributed by atoms with Crippen LogP contribution in [0.3, 0.4) is 0 Å². The van der Waals surface area contributed by atoms with Gasteiger partial charge < -0.3 is 0 Å². The number of alkyl halides is 3. The van der Waals surface area contributed by atoms with E-state index >= 15 is 0 Å². The summed E-state index contributed by atoms with van der Waals surface area (Å²) in [6, 6.07) is 0. The predicted octanol–water partition coefficient (Wildman–Crippen LogP) is 3.96. The topological polar surface area (TPSA) is 0 Å². The third kappa shape index (κ3) is 2.23. The summed E-state index contributed by atoms with van der Waals surface area (Å²) in [5.74, 6) is 0.492. The fourth-order valence-corrected chi connectivity index (χ4v) is 2.10. The van der Waals surface area contributed by atoms with Crippen LogP contribution in [0.5, 0.6) is 0 Å². The maximum absolute atomic E-state index is 6.29. The average molecular weight is 240 g/mol. The van der Waals surface area contributed by atoms with Gasteiger partial charge in [-0.1, -0.05) is 32.1 Å². The van der Waals surface area contributed by atoms with E-state index in [9.17, 15) is 0 Å². The molecule has 0 bridgehead atoms. The number of halogens is 3. The van der Waals surface area contributed by atoms with Gasteiger partial charge in [0.15, 0.2) is 0 Å². The van der Waals surface area contributed by atoms with Crippen molar-refractivity contribution in [3.8, 4) is 0 Å². The van der Waals surface area contributed by atoms with Crippen LogP contribution in [0.4, 0.5) is 0 Å². The Balaban J connectivity index is 2.97. The third-order valence-corrected chi connectivity index (χ3v) is 4.10. The van der Waals surface area contributed by atoms with E-state index in [0.29, 0.717) is 5.88 Å². The molecule has 0 aromatic carbocycles. The minimum Gasteiger partial charge on any atom is -0.122 e. The number of hydrogen-bond donors (Lipinski definition) is 0. The highest BCUT2D eigenvalue weighted by Crippen LogP contribution is 2.41. The monoisotopic (exact) mass is 238 g/mol. The molecule has 2 atom stereocenters. The molecule has 2 unspecified atom stereocenters. The molecule has 0 amide bonds. The lowest BCUT2D eigenvalue weighted by atomic mass is 9.77. The second kappa shape index (κ2) is 4.25. The predicted molar refractivity (Wildman–Crippen MR) is 61.0 cm³/mol. The Labute approximate surface area is 94.5 Å². The van der Waals surface area contributed by atoms with Crippen molar-refractivity contribution in [1.82, 2.24) is 0 Å². The molecular formula is C10H13Cl3. The van der Waals surface area contributed by atoms with Crippen LogP contribution in [0, 0.1) is 5.41 Å². The Morgan fingerprint density at radius 3 is 2.62 bits per heavy atom. The van der Waals surface area contributed by atoms with Crippen molar-refractivity contribution in [2.24, 2.45) is 5.41 Å². The van der Waals surface area contributed by atoms with E-state index in [1.165, 1.54) is 0 Å². The molecule has 3 heteroatoms. The smallest absolute Gasteiger partial charge is 0.0650 e. The van der Waals surface area contributed by atoms with Gasteiger partial charge in [0.1, 0.15) is 0 Å². The maximum Gasteiger partial charge on any atom is 0.0650 e. The summed E-state index contributed by atoms with van der Waals surface area (Å²) in [4.78, 5) is 0. The van der Waals surface area contributed by atoms with Crippen LogP contribution in [0.15, 0.2) is 23.8 Å². The second-order valence-corrected chi connectivity index (χ2v) is 5.02. The van der Waals surface area contributed by atoms with Gasteiger partial charge in [-0.15, -0.1) is 34.8 Å². The Hall–Kier alpha value is 0.350. The Bertz CT molecular complexity index is 241. The van der Waals surface area contributed by atoms with Gasteiger partial charge in [0.05, 0.1) is 10.8 Å². The summed E-state index contributed by atoms with van der Waals surface area (Å²) < 4.78 is 0. The first-order valence-corrected chi connectivity index (χ1v) is 5.63. The molecule has 1 aliphatic rings. The zero-order valence-corrected chi connectivity index (χ0v) is 10.00. The van der Waals surface area contributed by atoms with E-state index < -0.39 is 0 Å². The van der Waals surface area contributed by atoms with Crippen LogP contribution >= 0.6 is 34.8 Å². The molecular weight excluding hydrogens is 226 g/mol. The highest BCUT2D eigenvalue weighted by Gasteiger charge is 2.37. The van der Waals surface area contributed by atoms with E-state index in [1.54, 1.807) is 0 Å². The van der Waals surface area contributed by atoms with Crippen molar-refractivity contribution in [3.63, 3.8) is 0 Å². The quantitative estimate of drug-likeness (QED) is 0.608. The molecule has 1 rings (SSSR count). The van der Waals surface area contributed by atoms with Crippen LogP contribution in [0.2, 0.25) is 0 Å². The molecule has 74 valence electrons. The zero-order valence-electron chi connectivity index (χ0n) is 7.73. The number of allylic oxidation sites excluding steroid dienone is 4. The van der Waals surface area contributed by atoms with E-state index in [0.717, 1.165) is 5.57 Å². The lowest BCUT2D eigenvalue weighted by Crippen LogP contribution is -2.36. The van der Waals surface area contributed by atoms with Gasteiger partial charge in [-0.25, -0.2) is 0 Å². The molecule has 0 nitrogen and oxygen atoms in total. The lowest BCUT2D eigenvalue weighted by molar-refractivity contribution is 0.375. The van der Waals surface area contributed by atoms with E-state index in [4.69, 9.17) is 34.8 Å². The minimum atomic E-state index is -0.115. The summed E-state index contributed by atoms with van der Waals surface area (Å²) in [5, 5.41) is -0.0683.